The van der Waals surface area contributed by atoms with Gasteiger partial charge in [0, 0.05) is 33.8 Å². The summed E-state index contributed by atoms with van der Waals surface area (Å²) in [6, 6.07) is 13.5. The third-order valence-electron chi connectivity index (χ3n) is 4.08. The second kappa shape index (κ2) is 8.33. The quantitative estimate of drug-likeness (QED) is 0.478. The molecule has 0 aliphatic carbocycles. The first kappa shape index (κ1) is 20.4. The molecule has 4 nitrogen and oxygen atoms in total. The summed E-state index contributed by atoms with van der Waals surface area (Å²) in [6.45, 7) is 8.17. The normalized spacial score (nSPS) is 11.3. The predicted molar refractivity (Wildman–Crippen MR) is 120 cm³/mol. The number of halogens is 1. The highest BCUT2D eigenvalue weighted by atomic mass is 35.5. The smallest absolute Gasteiger partial charge is 0.224 e. The van der Waals surface area contributed by atoms with Crippen LogP contribution in [0.1, 0.15) is 32.8 Å². The van der Waals surface area contributed by atoms with Gasteiger partial charge in [0.05, 0.1) is 5.69 Å². The maximum Gasteiger partial charge on any atom is 0.224 e. The third-order valence-corrected chi connectivity index (χ3v) is 5.07. The number of thiazole rings is 1. The Balaban J connectivity index is 1.74. The van der Waals surface area contributed by atoms with Crippen LogP contribution in [0.5, 0.6) is 0 Å². The molecule has 0 aliphatic rings. The summed E-state index contributed by atoms with van der Waals surface area (Å²) in [5, 5.41) is 9.78. The van der Waals surface area contributed by atoms with Crippen molar-refractivity contribution in [1.29, 1.82) is 0 Å². The molecule has 1 aromatic heterocycles. The molecule has 146 valence electrons. The highest BCUT2D eigenvalue weighted by Crippen LogP contribution is 2.30. The monoisotopic (exact) mass is 413 g/mol. The van der Waals surface area contributed by atoms with Crippen LogP contribution in [0.2, 0.25) is 5.02 Å². The molecule has 0 radical (unpaired) electrons. The maximum atomic E-state index is 12.2. The van der Waals surface area contributed by atoms with Crippen LogP contribution in [0.4, 0.5) is 16.5 Å². The van der Waals surface area contributed by atoms with Crippen molar-refractivity contribution in [2.75, 3.05) is 10.6 Å². The van der Waals surface area contributed by atoms with Gasteiger partial charge in [-0.15, -0.1) is 11.3 Å². The summed E-state index contributed by atoms with van der Waals surface area (Å²) in [5.41, 5.74) is 4.59. The zero-order valence-electron chi connectivity index (χ0n) is 16.5. The molecule has 0 saturated heterocycles. The van der Waals surface area contributed by atoms with Gasteiger partial charge in [0.15, 0.2) is 5.13 Å². The molecule has 6 heteroatoms. The summed E-state index contributed by atoms with van der Waals surface area (Å²) in [5.74, 6) is 0.0155. The standard InChI is InChI=1S/C22H24ClN3OS/c1-14-8-9-16(23)11-18(14)25-21-26-19(13-28-21)15-6-5-7-17(10-15)24-20(27)12-22(2,3)4/h5-11,13H,12H2,1-4H3,(H,24,27)(H,25,26). The first-order chi connectivity index (χ1) is 13.2. The summed E-state index contributed by atoms with van der Waals surface area (Å²) < 4.78 is 0. The molecule has 1 heterocycles. The number of amides is 1. The zero-order valence-corrected chi connectivity index (χ0v) is 18.0. The minimum absolute atomic E-state index is 0.0155. The number of aromatic nitrogens is 1. The van der Waals surface area contributed by atoms with E-state index in [1.807, 2.05) is 54.8 Å². The van der Waals surface area contributed by atoms with Gasteiger partial charge in [0.2, 0.25) is 5.91 Å². The number of benzene rings is 2. The molecule has 1 amide bonds. The van der Waals surface area contributed by atoms with Crippen LogP contribution >= 0.6 is 22.9 Å². The van der Waals surface area contributed by atoms with Crippen LogP contribution in [0.25, 0.3) is 11.3 Å². The van der Waals surface area contributed by atoms with Crippen molar-refractivity contribution in [3.63, 3.8) is 0 Å². The summed E-state index contributed by atoms with van der Waals surface area (Å²) in [6.07, 6.45) is 0.473. The van der Waals surface area contributed by atoms with Crippen LogP contribution < -0.4 is 10.6 Å². The average molecular weight is 414 g/mol. The molecule has 28 heavy (non-hydrogen) atoms. The van der Waals surface area contributed by atoms with E-state index in [9.17, 15) is 4.79 Å². The third kappa shape index (κ3) is 5.57. The fraction of sp³-hybridized carbons (Fsp3) is 0.273. The summed E-state index contributed by atoms with van der Waals surface area (Å²) in [4.78, 5) is 16.9. The number of nitrogens with zero attached hydrogens (tertiary/aromatic N) is 1. The molecular formula is C22H24ClN3OS. The van der Waals surface area contributed by atoms with E-state index in [2.05, 4.69) is 36.4 Å². The van der Waals surface area contributed by atoms with E-state index in [4.69, 9.17) is 11.6 Å². The van der Waals surface area contributed by atoms with E-state index in [1.54, 1.807) is 0 Å². The molecule has 0 spiro atoms. The second-order valence-corrected chi connectivity index (χ2v) is 9.28. The number of hydrogen-bond donors (Lipinski definition) is 2. The Labute approximate surface area is 175 Å². The molecule has 2 N–H and O–H groups in total. The van der Waals surface area contributed by atoms with Crippen molar-refractivity contribution in [1.82, 2.24) is 4.98 Å². The van der Waals surface area contributed by atoms with E-state index < -0.39 is 0 Å². The Kier molecular flexibility index (Phi) is 6.06. The molecule has 0 bridgehead atoms. The minimum atomic E-state index is -0.0460. The van der Waals surface area contributed by atoms with Crippen molar-refractivity contribution in [3.8, 4) is 11.3 Å². The Bertz CT molecular complexity index is 991. The van der Waals surface area contributed by atoms with Crippen molar-refractivity contribution < 1.29 is 4.79 Å². The lowest BCUT2D eigenvalue weighted by Crippen LogP contribution is -2.19. The van der Waals surface area contributed by atoms with Gasteiger partial charge in [0.1, 0.15) is 0 Å². The predicted octanol–water partition coefficient (Wildman–Crippen LogP) is 6.89. The molecule has 3 rings (SSSR count). The van der Waals surface area contributed by atoms with Gasteiger partial charge in [0.25, 0.3) is 0 Å². The summed E-state index contributed by atoms with van der Waals surface area (Å²) in [7, 11) is 0. The number of nitrogens with one attached hydrogen (secondary N) is 2. The molecule has 0 fully saturated rings. The highest BCUT2D eigenvalue weighted by Gasteiger charge is 2.16. The maximum absolute atomic E-state index is 12.2. The average Bonchev–Trinajstić information content (AvgIpc) is 3.05. The van der Waals surface area contributed by atoms with Crippen molar-refractivity contribution in [2.24, 2.45) is 5.41 Å². The Morgan fingerprint density at radius 3 is 2.71 bits per heavy atom. The van der Waals surface area contributed by atoms with Crippen molar-refractivity contribution in [3.05, 3.63) is 58.4 Å². The molecule has 0 atom stereocenters. The van der Waals surface area contributed by atoms with Crippen LogP contribution in [0.15, 0.2) is 47.8 Å². The molecular weight excluding hydrogens is 390 g/mol. The van der Waals surface area contributed by atoms with Gasteiger partial charge < -0.3 is 10.6 Å². The van der Waals surface area contributed by atoms with Crippen LogP contribution in [0, 0.1) is 12.3 Å². The Morgan fingerprint density at radius 2 is 1.96 bits per heavy atom. The lowest BCUT2D eigenvalue weighted by Gasteiger charge is -2.17. The van der Waals surface area contributed by atoms with Crippen molar-refractivity contribution >= 4 is 45.4 Å². The van der Waals surface area contributed by atoms with Gasteiger partial charge in [-0.3, -0.25) is 4.79 Å². The fourth-order valence-corrected chi connectivity index (χ4v) is 3.66. The lowest BCUT2D eigenvalue weighted by atomic mass is 9.92. The van der Waals surface area contributed by atoms with Gasteiger partial charge in [-0.25, -0.2) is 4.98 Å². The Hall–Kier alpha value is -2.37. The minimum Gasteiger partial charge on any atom is -0.331 e. The SMILES string of the molecule is Cc1ccc(Cl)cc1Nc1nc(-c2cccc(NC(=O)CC(C)(C)C)c2)cs1. The topological polar surface area (TPSA) is 54.0 Å². The van der Waals surface area contributed by atoms with E-state index >= 15 is 0 Å². The molecule has 0 saturated carbocycles. The number of carbonyl (C=O) groups excluding carboxylic acids is 1. The first-order valence-corrected chi connectivity index (χ1v) is 10.3. The lowest BCUT2D eigenvalue weighted by molar-refractivity contribution is -0.117. The Morgan fingerprint density at radius 1 is 1.18 bits per heavy atom. The second-order valence-electron chi connectivity index (χ2n) is 7.99. The number of carbonyl (C=O) groups is 1. The van der Waals surface area contributed by atoms with E-state index in [1.165, 1.54) is 11.3 Å². The number of hydrogen-bond acceptors (Lipinski definition) is 4. The largest absolute Gasteiger partial charge is 0.331 e. The van der Waals surface area contributed by atoms with Gasteiger partial charge >= 0.3 is 0 Å². The fourth-order valence-electron chi connectivity index (χ4n) is 2.75. The molecule has 0 aliphatic heterocycles. The van der Waals surface area contributed by atoms with Crippen LogP contribution in [-0.2, 0) is 4.79 Å². The highest BCUT2D eigenvalue weighted by molar-refractivity contribution is 7.14. The van der Waals surface area contributed by atoms with Crippen molar-refractivity contribution in [2.45, 2.75) is 34.1 Å². The van der Waals surface area contributed by atoms with E-state index in [0.717, 1.165) is 33.3 Å². The van der Waals surface area contributed by atoms with Crippen LogP contribution in [0.3, 0.4) is 0 Å². The number of anilines is 3. The number of aryl methyl sites for hydroxylation is 1. The van der Waals surface area contributed by atoms with E-state index in [0.29, 0.717) is 11.4 Å². The first-order valence-electron chi connectivity index (χ1n) is 9.09. The van der Waals surface area contributed by atoms with Gasteiger partial charge in [-0.05, 0) is 42.2 Å². The zero-order chi connectivity index (χ0) is 20.3. The molecule has 2 aromatic carbocycles. The van der Waals surface area contributed by atoms with Gasteiger partial charge in [-0.1, -0.05) is 50.6 Å². The molecule has 3 aromatic rings. The number of rotatable bonds is 5. The molecule has 0 unspecified atom stereocenters. The summed E-state index contributed by atoms with van der Waals surface area (Å²) >= 11 is 7.62. The van der Waals surface area contributed by atoms with Crippen LogP contribution in [-0.4, -0.2) is 10.9 Å². The van der Waals surface area contributed by atoms with Gasteiger partial charge in [-0.2, -0.15) is 0 Å². The van der Waals surface area contributed by atoms with E-state index in [-0.39, 0.29) is 11.3 Å².